The van der Waals surface area contributed by atoms with Gasteiger partial charge >= 0.3 is 0 Å². The van der Waals surface area contributed by atoms with Crippen LogP contribution in [0.3, 0.4) is 0 Å². The Hall–Kier alpha value is -2.23. The summed E-state index contributed by atoms with van der Waals surface area (Å²) >= 11 is 0. The van der Waals surface area contributed by atoms with Crippen molar-refractivity contribution in [2.75, 3.05) is 11.6 Å². The molecule has 0 unspecified atom stereocenters. The molecule has 0 saturated carbocycles. The largest absolute Gasteiger partial charge is 0.322 e. The molecule has 2 aromatic rings. The number of sulfone groups is 1. The van der Waals surface area contributed by atoms with Crippen molar-refractivity contribution in [2.45, 2.75) is 30.5 Å². The van der Waals surface area contributed by atoms with Crippen molar-refractivity contribution in [3.05, 3.63) is 59.7 Å². The van der Waals surface area contributed by atoms with Crippen LogP contribution in [0.4, 0.5) is 5.69 Å². The second kappa shape index (κ2) is 8.20. The van der Waals surface area contributed by atoms with E-state index in [2.05, 4.69) is 10.0 Å². The highest BCUT2D eigenvalue weighted by molar-refractivity contribution is 7.90. The second-order valence-corrected chi connectivity index (χ2v) is 10.4. The Morgan fingerprint density at radius 2 is 1.63 bits per heavy atom. The molecule has 0 saturated heterocycles. The normalized spacial score (nSPS) is 12.1. The summed E-state index contributed by atoms with van der Waals surface area (Å²) in [6.07, 6.45) is 1.13. The third-order valence-electron chi connectivity index (χ3n) is 3.43. The topological polar surface area (TPSA) is 109 Å². The summed E-state index contributed by atoms with van der Waals surface area (Å²) in [5, 5.41) is 2.66. The first kappa shape index (κ1) is 21.1. The number of carbonyl (C=O) groups excluding carboxylic acids is 1. The SMILES string of the molecule is CC(C)NS(=O)(=O)c1ccc(NC(=O)c2cccc(CS(C)(=O)=O)c2)cc1. The fourth-order valence-electron chi connectivity index (χ4n) is 2.40. The summed E-state index contributed by atoms with van der Waals surface area (Å²) in [7, 11) is -6.80. The lowest BCUT2D eigenvalue weighted by Gasteiger charge is -2.11. The molecule has 2 N–H and O–H groups in total. The number of nitrogens with one attached hydrogen (secondary N) is 2. The van der Waals surface area contributed by atoms with Gasteiger partial charge in [-0.25, -0.2) is 21.6 Å². The Morgan fingerprint density at radius 1 is 1.00 bits per heavy atom. The van der Waals surface area contributed by atoms with Crippen molar-refractivity contribution >= 4 is 31.5 Å². The molecule has 0 fully saturated rings. The van der Waals surface area contributed by atoms with E-state index < -0.39 is 25.8 Å². The molecule has 7 nitrogen and oxygen atoms in total. The third-order valence-corrected chi connectivity index (χ3v) is 5.96. The Labute approximate surface area is 159 Å². The molecule has 2 aromatic carbocycles. The van der Waals surface area contributed by atoms with Gasteiger partial charge < -0.3 is 5.32 Å². The highest BCUT2D eigenvalue weighted by Gasteiger charge is 2.15. The van der Waals surface area contributed by atoms with Crippen LogP contribution in [0.5, 0.6) is 0 Å². The molecule has 0 radical (unpaired) electrons. The summed E-state index contributed by atoms with van der Waals surface area (Å²) in [4.78, 5) is 12.5. The van der Waals surface area contributed by atoms with Crippen LogP contribution in [0, 0.1) is 0 Å². The maximum atomic E-state index is 12.4. The van der Waals surface area contributed by atoms with Gasteiger partial charge in [-0.15, -0.1) is 0 Å². The zero-order valence-electron chi connectivity index (χ0n) is 15.3. The number of hydrogen-bond acceptors (Lipinski definition) is 5. The van der Waals surface area contributed by atoms with E-state index in [1.807, 2.05) is 0 Å². The quantitative estimate of drug-likeness (QED) is 0.727. The molecule has 0 atom stereocenters. The molecule has 0 aromatic heterocycles. The minimum Gasteiger partial charge on any atom is -0.322 e. The van der Waals surface area contributed by atoms with Crippen LogP contribution in [-0.4, -0.2) is 35.0 Å². The van der Waals surface area contributed by atoms with Crippen LogP contribution in [0.15, 0.2) is 53.4 Å². The standard InChI is InChI=1S/C18H22N2O5S2/c1-13(2)20-27(24,25)17-9-7-16(8-10-17)19-18(21)15-6-4-5-14(11-15)12-26(3,22)23/h4-11,13,20H,12H2,1-3H3,(H,19,21). The average molecular weight is 411 g/mol. The zero-order valence-corrected chi connectivity index (χ0v) is 16.9. The van der Waals surface area contributed by atoms with E-state index >= 15 is 0 Å². The molecular formula is C18H22N2O5S2. The molecule has 27 heavy (non-hydrogen) atoms. The molecular weight excluding hydrogens is 388 g/mol. The van der Waals surface area contributed by atoms with Crippen LogP contribution < -0.4 is 10.0 Å². The van der Waals surface area contributed by atoms with Crippen LogP contribution in [0.2, 0.25) is 0 Å². The molecule has 0 spiro atoms. The van der Waals surface area contributed by atoms with E-state index in [4.69, 9.17) is 0 Å². The smallest absolute Gasteiger partial charge is 0.255 e. The fourth-order valence-corrected chi connectivity index (χ4v) is 4.44. The number of amides is 1. The molecule has 0 aliphatic rings. The first-order valence-corrected chi connectivity index (χ1v) is 11.7. The summed E-state index contributed by atoms with van der Waals surface area (Å²) in [5.41, 5.74) is 1.26. The minimum atomic E-state index is -3.60. The predicted octanol–water partition coefficient (Wildman–Crippen LogP) is 2.17. The zero-order chi connectivity index (χ0) is 20.2. The van der Waals surface area contributed by atoms with Gasteiger partial charge in [-0.05, 0) is 55.8 Å². The summed E-state index contributed by atoms with van der Waals surface area (Å²) < 4.78 is 49.5. The average Bonchev–Trinajstić information content (AvgIpc) is 2.53. The predicted molar refractivity (Wildman–Crippen MR) is 105 cm³/mol. The monoisotopic (exact) mass is 410 g/mol. The van der Waals surface area contributed by atoms with Crippen LogP contribution in [0.25, 0.3) is 0 Å². The van der Waals surface area contributed by atoms with Crippen LogP contribution >= 0.6 is 0 Å². The van der Waals surface area contributed by atoms with Gasteiger partial charge in [0.25, 0.3) is 5.91 Å². The van der Waals surface area contributed by atoms with Gasteiger partial charge in [0.2, 0.25) is 10.0 Å². The lowest BCUT2D eigenvalue weighted by atomic mass is 10.1. The van der Waals surface area contributed by atoms with E-state index in [1.165, 1.54) is 30.3 Å². The van der Waals surface area contributed by atoms with Crippen molar-refractivity contribution < 1.29 is 21.6 Å². The first-order valence-electron chi connectivity index (χ1n) is 8.17. The summed E-state index contributed by atoms with van der Waals surface area (Å²) in [6, 6.07) is 11.9. The number of carbonyl (C=O) groups is 1. The maximum Gasteiger partial charge on any atom is 0.255 e. The van der Waals surface area contributed by atoms with E-state index in [0.29, 0.717) is 16.8 Å². The first-order chi connectivity index (χ1) is 12.5. The molecule has 9 heteroatoms. The number of benzene rings is 2. The molecule has 0 heterocycles. The van der Waals surface area contributed by atoms with Crippen molar-refractivity contribution in [3.63, 3.8) is 0 Å². The highest BCUT2D eigenvalue weighted by Crippen LogP contribution is 2.16. The van der Waals surface area contributed by atoms with Crippen LogP contribution in [0.1, 0.15) is 29.8 Å². The van der Waals surface area contributed by atoms with Gasteiger partial charge in [0, 0.05) is 23.5 Å². The summed E-state index contributed by atoms with van der Waals surface area (Å²) in [5.74, 6) is -0.565. The van der Waals surface area contributed by atoms with Gasteiger partial charge in [0.05, 0.1) is 10.6 Å². The lowest BCUT2D eigenvalue weighted by molar-refractivity contribution is 0.102. The Morgan fingerprint density at radius 3 is 2.19 bits per heavy atom. The van der Waals surface area contributed by atoms with Crippen molar-refractivity contribution in [1.29, 1.82) is 0 Å². The summed E-state index contributed by atoms with van der Waals surface area (Å²) in [6.45, 7) is 3.45. The second-order valence-electron chi connectivity index (χ2n) is 6.52. The highest BCUT2D eigenvalue weighted by atomic mass is 32.2. The van der Waals surface area contributed by atoms with Gasteiger partial charge in [-0.1, -0.05) is 12.1 Å². The molecule has 2 rings (SSSR count). The molecule has 0 aliphatic heterocycles. The van der Waals surface area contributed by atoms with E-state index in [-0.39, 0.29) is 16.7 Å². The number of hydrogen-bond donors (Lipinski definition) is 2. The molecule has 146 valence electrons. The Bertz CT molecular complexity index is 1030. The fraction of sp³-hybridized carbons (Fsp3) is 0.278. The number of sulfonamides is 1. The van der Waals surface area contributed by atoms with Gasteiger partial charge in [-0.3, -0.25) is 4.79 Å². The molecule has 0 bridgehead atoms. The van der Waals surface area contributed by atoms with Crippen molar-refractivity contribution in [3.8, 4) is 0 Å². The Kier molecular flexibility index (Phi) is 6.40. The maximum absolute atomic E-state index is 12.4. The molecule has 0 aliphatic carbocycles. The van der Waals surface area contributed by atoms with E-state index in [0.717, 1.165) is 6.26 Å². The number of rotatable bonds is 7. The van der Waals surface area contributed by atoms with Gasteiger partial charge in [-0.2, -0.15) is 0 Å². The number of anilines is 1. The van der Waals surface area contributed by atoms with Crippen LogP contribution in [-0.2, 0) is 25.6 Å². The molecule has 1 amide bonds. The van der Waals surface area contributed by atoms with Gasteiger partial charge in [0.15, 0.2) is 9.84 Å². The third kappa shape index (κ3) is 6.46. The van der Waals surface area contributed by atoms with Crippen molar-refractivity contribution in [1.82, 2.24) is 4.72 Å². The minimum absolute atomic E-state index is 0.101. The lowest BCUT2D eigenvalue weighted by Crippen LogP contribution is -2.30. The van der Waals surface area contributed by atoms with Crippen molar-refractivity contribution in [2.24, 2.45) is 0 Å². The van der Waals surface area contributed by atoms with E-state index in [9.17, 15) is 21.6 Å². The Balaban J connectivity index is 2.14. The van der Waals surface area contributed by atoms with E-state index in [1.54, 1.807) is 32.0 Å². The van der Waals surface area contributed by atoms with Gasteiger partial charge in [0.1, 0.15) is 0 Å².